The second-order valence-electron chi connectivity index (χ2n) is 6.57. The fraction of sp³-hybridized carbons (Fsp3) is 0.143. The van der Waals surface area contributed by atoms with E-state index in [2.05, 4.69) is 15.5 Å². The number of aromatic nitrogens is 2. The molecule has 0 bridgehead atoms. The summed E-state index contributed by atoms with van der Waals surface area (Å²) in [5, 5.41) is 4.93. The molecule has 0 spiro atoms. The van der Waals surface area contributed by atoms with Crippen LogP contribution >= 0.6 is 11.3 Å². The fourth-order valence-corrected chi connectivity index (χ4v) is 4.03. The van der Waals surface area contributed by atoms with Crippen molar-refractivity contribution in [1.29, 1.82) is 0 Å². The van der Waals surface area contributed by atoms with E-state index in [4.69, 9.17) is 0 Å². The van der Waals surface area contributed by atoms with Gasteiger partial charge < -0.3 is 4.57 Å². The molecule has 4 nitrogen and oxygen atoms in total. The molecular weight excluding hydrogens is 397 g/mol. The highest BCUT2D eigenvalue weighted by Crippen LogP contribution is 2.31. The second kappa shape index (κ2) is 7.36. The van der Waals surface area contributed by atoms with Gasteiger partial charge in [-0.1, -0.05) is 29.5 Å². The van der Waals surface area contributed by atoms with Crippen LogP contribution in [0.4, 0.5) is 18.3 Å². The van der Waals surface area contributed by atoms with Gasteiger partial charge in [-0.05, 0) is 50.2 Å². The number of rotatable bonds is 4. The first-order valence-electron chi connectivity index (χ1n) is 8.84. The molecule has 0 radical (unpaired) electrons. The van der Waals surface area contributed by atoms with Crippen LogP contribution in [0.2, 0.25) is 0 Å². The van der Waals surface area contributed by atoms with E-state index in [-0.39, 0.29) is 0 Å². The molecule has 0 unspecified atom stereocenters. The van der Waals surface area contributed by atoms with Gasteiger partial charge in [0.2, 0.25) is 5.13 Å². The zero-order chi connectivity index (χ0) is 20.6. The lowest BCUT2D eigenvalue weighted by Crippen LogP contribution is -2.07. The Hall–Kier alpha value is -3.13. The number of aryl methyl sites for hydroxylation is 1. The maximum atomic E-state index is 13.1. The number of nitrogens with one attached hydrogen (secondary N) is 1. The topological polar surface area (TPSA) is 42.2 Å². The molecule has 4 rings (SSSR count). The molecule has 148 valence electrons. The van der Waals surface area contributed by atoms with E-state index in [1.807, 2.05) is 44.2 Å². The molecule has 0 aliphatic rings. The first-order chi connectivity index (χ1) is 13.8. The Morgan fingerprint density at radius 3 is 2.62 bits per heavy atom. The number of anilines is 1. The summed E-state index contributed by atoms with van der Waals surface area (Å²) in [6.07, 6.45) is -2.73. The van der Waals surface area contributed by atoms with Crippen molar-refractivity contribution in [3.8, 4) is 5.69 Å². The van der Waals surface area contributed by atoms with Crippen LogP contribution in [0.15, 0.2) is 59.7 Å². The second-order valence-corrected chi connectivity index (χ2v) is 7.60. The van der Waals surface area contributed by atoms with Gasteiger partial charge in [0.1, 0.15) is 0 Å². The molecule has 2 aromatic heterocycles. The molecule has 8 heteroatoms. The van der Waals surface area contributed by atoms with E-state index in [1.54, 1.807) is 16.8 Å². The van der Waals surface area contributed by atoms with Crippen LogP contribution in [0.25, 0.3) is 15.9 Å². The Bertz CT molecular complexity index is 1170. The van der Waals surface area contributed by atoms with Crippen molar-refractivity contribution >= 4 is 32.9 Å². The average molecular weight is 414 g/mol. The third-order valence-electron chi connectivity index (χ3n) is 4.56. The van der Waals surface area contributed by atoms with Crippen molar-refractivity contribution in [1.82, 2.24) is 9.55 Å². The van der Waals surface area contributed by atoms with E-state index in [1.165, 1.54) is 17.4 Å². The normalized spacial score (nSPS) is 12.2. The first kappa shape index (κ1) is 19.2. The van der Waals surface area contributed by atoms with E-state index < -0.39 is 11.7 Å². The predicted molar refractivity (Wildman–Crippen MR) is 111 cm³/mol. The minimum atomic E-state index is -4.38. The molecule has 0 atom stereocenters. The minimum absolute atomic E-state index is 0.466. The van der Waals surface area contributed by atoms with Gasteiger partial charge in [0.15, 0.2) is 0 Å². The summed E-state index contributed by atoms with van der Waals surface area (Å²) in [5.41, 5.74) is 6.06. The Kier molecular flexibility index (Phi) is 4.87. The van der Waals surface area contributed by atoms with E-state index >= 15 is 0 Å². The van der Waals surface area contributed by atoms with Crippen LogP contribution in [0.1, 0.15) is 22.5 Å². The SMILES string of the molecule is Cc1cc(/C=N\Nc2nc3ccccc3s2)c(C)n1-c1cccc(C(F)(F)F)c1. The lowest BCUT2D eigenvalue weighted by Gasteiger charge is -2.13. The number of hydrogen-bond acceptors (Lipinski definition) is 4. The van der Waals surface area contributed by atoms with Crippen molar-refractivity contribution < 1.29 is 13.2 Å². The number of thiazole rings is 1. The van der Waals surface area contributed by atoms with Crippen LogP contribution in [-0.4, -0.2) is 15.8 Å². The number of benzene rings is 2. The van der Waals surface area contributed by atoms with Crippen LogP contribution in [0.5, 0.6) is 0 Å². The number of hydrogen-bond donors (Lipinski definition) is 1. The Balaban J connectivity index is 1.59. The molecule has 1 N–H and O–H groups in total. The lowest BCUT2D eigenvalue weighted by atomic mass is 10.2. The van der Waals surface area contributed by atoms with Crippen LogP contribution in [0, 0.1) is 13.8 Å². The molecule has 2 heterocycles. The smallest absolute Gasteiger partial charge is 0.318 e. The molecule has 0 aliphatic carbocycles. The summed E-state index contributed by atoms with van der Waals surface area (Å²) in [6.45, 7) is 3.71. The highest BCUT2D eigenvalue weighted by molar-refractivity contribution is 7.22. The zero-order valence-electron chi connectivity index (χ0n) is 15.7. The van der Waals surface area contributed by atoms with Gasteiger partial charge in [-0.2, -0.15) is 18.3 Å². The monoisotopic (exact) mass is 414 g/mol. The third kappa shape index (κ3) is 3.88. The van der Waals surface area contributed by atoms with Crippen LogP contribution in [-0.2, 0) is 6.18 Å². The summed E-state index contributed by atoms with van der Waals surface area (Å²) >= 11 is 1.50. The van der Waals surface area contributed by atoms with Gasteiger partial charge in [0.05, 0.1) is 22.0 Å². The van der Waals surface area contributed by atoms with Gasteiger partial charge in [0.25, 0.3) is 0 Å². The molecular formula is C21H17F3N4S. The van der Waals surface area contributed by atoms with E-state index in [9.17, 15) is 13.2 Å². The number of para-hydroxylation sites is 1. The molecule has 4 aromatic rings. The number of halogens is 3. The maximum Gasteiger partial charge on any atom is 0.416 e. The van der Waals surface area contributed by atoms with Crippen LogP contribution in [0.3, 0.4) is 0 Å². The molecule has 0 saturated carbocycles. The molecule has 0 amide bonds. The van der Waals surface area contributed by atoms with Gasteiger partial charge in [0, 0.05) is 22.6 Å². The Morgan fingerprint density at radius 2 is 1.86 bits per heavy atom. The van der Waals surface area contributed by atoms with Gasteiger partial charge in [-0.3, -0.25) is 5.43 Å². The van der Waals surface area contributed by atoms with E-state index in [0.717, 1.165) is 39.3 Å². The van der Waals surface area contributed by atoms with Crippen molar-refractivity contribution in [3.63, 3.8) is 0 Å². The molecule has 0 fully saturated rings. The molecule has 2 aromatic carbocycles. The largest absolute Gasteiger partial charge is 0.416 e. The zero-order valence-corrected chi connectivity index (χ0v) is 16.5. The first-order valence-corrected chi connectivity index (χ1v) is 9.66. The van der Waals surface area contributed by atoms with Gasteiger partial charge in [-0.25, -0.2) is 4.98 Å². The fourth-order valence-electron chi connectivity index (χ4n) is 3.21. The van der Waals surface area contributed by atoms with Gasteiger partial charge >= 0.3 is 6.18 Å². The standard InChI is InChI=1S/C21H17F3N4S/c1-13-10-15(12-25-27-20-26-18-8-3-4-9-19(18)29-20)14(2)28(13)17-7-5-6-16(11-17)21(22,23)24/h3-12H,1-2H3,(H,26,27)/b25-12-. The number of alkyl halides is 3. The molecule has 0 aliphatic heterocycles. The quantitative estimate of drug-likeness (QED) is 0.321. The van der Waals surface area contributed by atoms with E-state index in [0.29, 0.717) is 10.8 Å². The summed E-state index contributed by atoms with van der Waals surface area (Å²) in [5.74, 6) is 0. The predicted octanol–water partition coefficient (Wildman–Crippen LogP) is 6.17. The Morgan fingerprint density at radius 1 is 1.07 bits per heavy atom. The number of fused-ring (bicyclic) bond motifs is 1. The van der Waals surface area contributed by atoms with Crippen molar-refractivity contribution in [2.75, 3.05) is 5.43 Å². The minimum Gasteiger partial charge on any atom is -0.318 e. The maximum absolute atomic E-state index is 13.1. The van der Waals surface area contributed by atoms with Crippen molar-refractivity contribution in [3.05, 3.63) is 77.1 Å². The number of nitrogens with zero attached hydrogens (tertiary/aromatic N) is 3. The molecule has 0 saturated heterocycles. The lowest BCUT2D eigenvalue weighted by molar-refractivity contribution is -0.137. The van der Waals surface area contributed by atoms with Gasteiger partial charge in [-0.15, -0.1) is 0 Å². The van der Waals surface area contributed by atoms with Crippen LogP contribution < -0.4 is 5.43 Å². The average Bonchev–Trinajstić information content (AvgIpc) is 3.21. The number of hydrazone groups is 1. The summed E-state index contributed by atoms with van der Waals surface area (Å²) in [6, 6.07) is 15.0. The highest BCUT2D eigenvalue weighted by atomic mass is 32.1. The highest BCUT2D eigenvalue weighted by Gasteiger charge is 2.30. The van der Waals surface area contributed by atoms with Crippen molar-refractivity contribution in [2.45, 2.75) is 20.0 Å². The summed E-state index contributed by atoms with van der Waals surface area (Å²) in [7, 11) is 0. The van der Waals surface area contributed by atoms with Crippen molar-refractivity contribution in [2.24, 2.45) is 5.10 Å². The Labute approximate surface area is 169 Å². The molecule has 29 heavy (non-hydrogen) atoms. The third-order valence-corrected chi connectivity index (χ3v) is 5.50. The summed E-state index contributed by atoms with van der Waals surface area (Å²) in [4.78, 5) is 4.45. The summed E-state index contributed by atoms with van der Waals surface area (Å²) < 4.78 is 42.0.